The van der Waals surface area contributed by atoms with Gasteiger partial charge in [-0.25, -0.2) is 16.8 Å². The van der Waals surface area contributed by atoms with E-state index >= 15 is 0 Å². The van der Waals surface area contributed by atoms with E-state index in [0.717, 1.165) is 12.8 Å². The van der Waals surface area contributed by atoms with Gasteiger partial charge < -0.3 is 16.4 Å². The number of hydrogen-bond acceptors (Lipinski definition) is 4. The summed E-state index contributed by atoms with van der Waals surface area (Å²) in [6.07, 6.45) is 2.61. The van der Waals surface area contributed by atoms with Crippen LogP contribution in [0.1, 0.15) is 39.5 Å². The number of hydrogen-bond donors (Lipinski definition) is 0. The maximum absolute atomic E-state index is 12.5. The van der Waals surface area contributed by atoms with Crippen LogP contribution in [0.4, 0.5) is 0 Å². The molecule has 1 saturated carbocycles. The Morgan fingerprint density at radius 2 is 1.03 bits per heavy atom. The summed E-state index contributed by atoms with van der Waals surface area (Å²) >= 11 is 0. The largest absolute Gasteiger partial charge is 3.00 e. The maximum atomic E-state index is 12.5. The van der Waals surface area contributed by atoms with Crippen molar-refractivity contribution in [2.45, 2.75) is 61.4 Å². The van der Waals surface area contributed by atoms with Gasteiger partial charge in [0.25, 0.3) is 0 Å². The third-order valence-electron chi connectivity index (χ3n) is 4.32. The molecule has 0 bridgehead atoms. The molecule has 6 nitrogen and oxygen atoms in total. The first-order valence-electron chi connectivity index (χ1n) is 9.99. The summed E-state index contributed by atoms with van der Waals surface area (Å²) in [5, 5.41) is 0. The van der Waals surface area contributed by atoms with E-state index in [1.54, 1.807) is 36.4 Å². The quantitative estimate of drug-likeness (QED) is 0.437. The molecule has 1 aliphatic rings. The summed E-state index contributed by atoms with van der Waals surface area (Å²) in [5.74, 6) is 0.583. The fourth-order valence-corrected chi connectivity index (χ4v) is 5.45. The molecule has 2 atom stereocenters. The summed E-state index contributed by atoms with van der Waals surface area (Å²) in [6.45, 7) is 7.75. The smallest absolute Gasteiger partial charge is 0.543 e. The molecule has 9 heteroatoms. The van der Waals surface area contributed by atoms with E-state index < -0.39 is 32.1 Å². The van der Waals surface area contributed by atoms with Gasteiger partial charge in [0.05, 0.1) is 0 Å². The third kappa shape index (κ3) is 9.05. The van der Waals surface area contributed by atoms with Crippen LogP contribution in [0.5, 0.6) is 0 Å². The average molecular weight is 477 g/mol. The Bertz CT molecular complexity index is 900. The van der Waals surface area contributed by atoms with Gasteiger partial charge in [-0.15, -0.1) is 12.1 Å². The number of nitrogens with zero attached hydrogens (tertiary/aromatic N) is 2. The molecule has 0 heterocycles. The van der Waals surface area contributed by atoms with Gasteiger partial charge in [0.1, 0.15) is 20.0 Å². The van der Waals surface area contributed by atoms with Crippen LogP contribution in [0.15, 0.2) is 70.5 Å². The van der Waals surface area contributed by atoms with Crippen LogP contribution in [-0.2, 0) is 20.0 Å². The van der Waals surface area contributed by atoms with Crippen molar-refractivity contribution >= 4 is 37.4 Å². The number of benzene rings is 2. The Labute approximate surface area is 198 Å². The van der Waals surface area contributed by atoms with Gasteiger partial charge in [-0.3, -0.25) is 0 Å². The standard InChI is InChI=1S/C18H20N2O4S2.C4H9.Al/c21-25(22,15-9-3-1-4-10-15)19-17-13-7-8-14-18(17)20-26(23,24)16-11-5-2-6-12-16;1-4(2)3;/h1-6,9-12,17-18H,7-8,13-14H2;4H,1H2,2-3H3;/q-2;-1;+3/t17-,18-;;/m1../s1. The van der Waals surface area contributed by atoms with Crippen molar-refractivity contribution in [1.29, 1.82) is 0 Å². The summed E-state index contributed by atoms with van der Waals surface area (Å²) in [6, 6.07) is 14.6. The second-order valence-electron chi connectivity index (χ2n) is 7.60. The zero-order chi connectivity index (χ0) is 22.2. The molecule has 2 aromatic carbocycles. The first-order chi connectivity index (χ1) is 14.1. The SMILES string of the molecule is O=S(=O)([N-][C@@H]1CCCC[C@H]1[N-]S(=O)(=O)c1ccccc1)c1ccccc1.[Al+3].[CH2-]C(C)C. The molecule has 1 fully saturated rings. The van der Waals surface area contributed by atoms with E-state index in [4.69, 9.17) is 0 Å². The van der Waals surface area contributed by atoms with E-state index in [0.29, 0.717) is 18.8 Å². The summed E-state index contributed by atoms with van der Waals surface area (Å²) < 4.78 is 58.1. The van der Waals surface area contributed by atoms with E-state index in [-0.39, 0.29) is 27.2 Å². The van der Waals surface area contributed by atoms with Gasteiger partial charge in [0.2, 0.25) is 0 Å². The molecule has 2 aromatic rings. The predicted octanol–water partition coefficient (Wildman–Crippen LogP) is 4.92. The summed E-state index contributed by atoms with van der Waals surface area (Å²) in [5.41, 5.74) is 0. The summed E-state index contributed by atoms with van der Waals surface area (Å²) in [7, 11) is -7.69. The molecule has 0 spiro atoms. The minimum absolute atomic E-state index is 0. The van der Waals surface area contributed by atoms with Crippen LogP contribution in [0.25, 0.3) is 9.44 Å². The Kier molecular flexibility index (Phi) is 11.4. The zero-order valence-electron chi connectivity index (χ0n) is 18.0. The van der Waals surface area contributed by atoms with Gasteiger partial charge in [0.15, 0.2) is 0 Å². The second kappa shape index (κ2) is 12.7. The third-order valence-corrected chi connectivity index (χ3v) is 7.16. The Hall–Kier alpha value is -1.21. The van der Waals surface area contributed by atoms with Crippen molar-refractivity contribution in [3.63, 3.8) is 0 Å². The molecule has 0 amide bonds. The van der Waals surface area contributed by atoms with Gasteiger partial charge >= 0.3 is 17.4 Å². The van der Waals surface area contributed by atoms with Crippen molar-refractivity contribution in [2.75, 3.05) is 0 Å². The van der Waals surface area contributed by atoms with Crippen LogP contribution in [0.2, 0.25) is 0 Å². The Morgan fingerprint density at radius 1 is 0.742 bits per heavy atom. The van der Waals surface area contributed by atoms with E-state index in [1.807, 2.05) is 0 Å². The van der Waals surface area contributed by atoms with E-state index in [1.165, 1.54) is 24.3 Å². The molecule has 0 saturated heterocycles. The van der Waals surface area contributed by atoms with Crippen molar-refractivity contribution in [3.8, 4) is 0 Å². The molecule has 0 N–H and O–H groups in total. The number of rotatable bonds is 6. The fraction of sp³-hybridized carbons (Fsp3) is 0.409. The van der Waals surface area contributed by atoms with Crippen LogP contribution in [-0.4, -0.2) is 46.3 Å². The molecule has 0 unspecified atom stereocenters. The fourth-order valence-electron chi connectivity index (χ4n) is 3.00. The average Bonchev–Trinajstić information content (AvgIpc) is 2.70. The molecule has 0 aromatic heterocycles. The Balaban J connectivity index is 0.000000885. The topological polar surface area (TPSA) is 96.5 Å². The molecule has 166 valence electrons. The molecule has 0 aliphatic heterocycles. The minimum Gasteiger partial charge on any atom is -0.543 e. The van der Waals surface area contributed by atoms with Crippen LogP contribution >= 0.6 is 0 Å². The van der Waals surface area contributed by atoms with Crippen LogP contribution in [0.3, 0.4) is 0 Å². The van der Waals surface area contributed by atoms with Gasteiger partial charge in [0, 0.05) is 9.79 Å². The maximum Gasteiger partial charge on any atom is 3.00 e. The van der Waals surface area contributed by atoms with Crippen molar-refractivity contribution < 1.29 is 16.8 Å². The molecule has 0 radical (unpaired) electrons. The van der Waals surface area contributed by atoms with Gasteiger partial charge in [-0.2, -0.15) is 5.92 Å². The zero-order valence-corrected chi connectivity index (χ0v) is 20.8. The molecular weight excluding hydrogens is 447 g/mol. The minimum atomic E-state index is -3.84. The van der Waals surface area contributed by atoms with Crippen molar-refractivity contribution in [3.05, 3.63) is 77.0 Å². The van der Waals surface area contributed by atoms with Crippen LogP contribution in [0, 0.1) is 12.8 Å². The van der Waals surface area contributed by atoms with Gasteiger partial charge in [-0.05, 0) is 24.3 Å². The van der Waals surface area contributed by atoms with Crippen LogP contribution < -0.4 is 0 Å². The van der Waals surface area contributed by atoms with Crippen molar-refractivity contribution in [1.82, 2.24) is 0 Å². The first kappa shape index (κ1) is 27.8. The van der Waals surface area contributed by atoms with Crippen molar-refractivity contribution in [2.24, 2.45) is 5.92 Å². The molecule has 1 aliphatic carbocycles. The molecule has 3 rings (SSSR count). The predicted molar refractivity (Wildman–Crippen MR) is 126 cm³/mol. The molecule has 31 heavy (non-hydrogen) atoms. The van der Waals surface area contributed by atoms with E-state index in [9.17, 15) is 16.8 Å². The second-order valence-corrected chi connectivity index (χ2v) is 10.9. The Morgan fingerprint density at radius 3 is 1.32 bits per heavy atom. The van der Waals surface area contributed by atoms with Gasteiger partial charge in [-0.1, -0.05) is 75.9 Å². The first-order valence-corrected chi connectivity index (χ1v) is 12.9. The normalized spacial score (nSPS) is 19.1. The number of sulfonamides is 2. The molecular formula is C22H29AlN2O4S2. The van der Waals surface area contributed by atoms with E-state index in [2.05, 4.69) is 30.2 Å². The monoisotopic (exact) mass is 476 g/mol. The summed E-state index contributed by atoms with van der Waals surface area (Å²) in [4.78, 5) is 0.213.